The first-order valence-electron chi connectivity index (χ1n) is 10.3. The number of hydrogen-bond donors (Lipinski definition) is 0. The number of hydrogen-bond acceptors (Lipinski definition) is 8. The highest BCUT2D eigenvalue weighted by molar-refractivity contribution is 7.21. The number of benzene rings is 3. The predicted molar refractivity (Wildman–Crippen MR) is 128 cm³/mol. The van der Waals surface area contributed by atoms with E-state index in [2.05, 4.69) is 4.90 Å². The van der Waals surface area contributed by atoms with E-state index in [-0.39, 0.29) is 11.4 Å². The molecule has 1 aromatic heterocycles. The Labute approximate surface area is 193 Å². The lowest BCUT2D eigenvalue weighted by atomic mass is 10.1. The molecule has 10 heteroatoms. The lowest BCUT2D eigenvalue weighted by Gasteiger charge is -2.22. The van der Waals surface area contributed by atoms with Gasteiger partial charge in [0.2, 0.25) is 5.75 Å². The van der Waals surface area contributed by atoms with Gasteiger partial charge < -0.3 is 9.64 Å². The predicted octanol–water partition coefficient (Wildman–Crippen LogP) is 6.42. The van der Waals surface area contributed by atoms with Crippen LogP contribution in [0.15, 0.2) is 60.7 Å². The van der Waals surface area contributed by atoms with Gasteiger partial charge in [0.15, 0.2) is 0 Å². The summed E-state index contributed by atoms with van der Waals surface area (Å²) in [6.07, 6.45) is 0. The minimum Gasteiger partial charge on any atom is -0.449 e. The number of non-ortho nitro benzene ring substituents is 1. The molecule has 9 nitrogen and oxygen atoms in total. The average molecular weight is 465 g/mol. The number of nitro benzene ring substituents is 2. The van der Waals surface area contributed by atoms with Crippen LogP contribution in [0.4, 0.5) is 17.1 Å². The van der Waals surface area contributed by atoms with Gasteiger partial charge in [0.25, 0.3) is 5.69 Å². The summed E-state index contributed by atoms with van der Waals surface area (Å²) in [5, 5.41) is 23.4. The van der Waals surface area contributed by atoms with Gasteiger partial charge in [-0.05, 0) is 44.2 Å². The van der Waals surface area contributed by atoms with Crippen molar-refractivity contribution in [1.29, 1.82) is 0 Å². The van der Waals surface area contributed by atoms with Gasteiger partial charge in [-0.1, -0.05) is 12.1 Å². The van der Waals surface area contributed by atoms with Crippen LogP contribution in [-0.4, -0.2) is 27.9 Å². The van der Waals surface area contributed by atoms with Crippen molar-refractivity contribution in [1.82, 2.24) is 4.98 Å². The summed E-state index contributed by atoms with van der Waals surface area (Å²) in [7, 11) is 0. The second-order valence-electron chi connectivity index (χ2n) is 7.11. The Morgan fingerprint density at radius 2 is 1.70 bits per heavy atom. The number of fused-ring (bicyclic) bond motifs is 1. The smallest absolute Gasteiger partial charge is 0.318 e. The molecule has 0 atom stereocenters. The number of nitro groups is 2. The fourth-order valence-corrected chi connectivity index (χ4v) is 4.51. The largest absolute Gasteiger partial charge is 0.449 e. The Kier molecular flexibility index (Phi) is 6.18. The molecule has 0 unspecified atom stereocenters. The zero-order chi connectivity index (χ0) is 23.5. The molecule has 0 radical (unpaired) electrons. The standard InChI is InChI=1S/C23H20N4O5S/c1-3-25(4-2)15-9-11-17(23-24-18-7-5-6-8-22(18)33-23)21(14-15)32-20-12-10-16(26(28)29)13-19(20)27(30)31/h5-14H,3-4H2,1-2H3. The third-order valence-electron chi connectivity index (χ3n) is 5.19. The first-order valence-corrected chi connectivity index (χ1v) is 11.1. The Morgan fingerprint density at radius 3 is 2.36 bits per heavy atom. The lowest BCUT2D eigenvalue weighted by Crippen LogP contribution is -2.21. The molecular weight excluding hydrogens is 444 g/mol. The number of ether oxygens (including phenoxy) is 1. The number of thiazole rings is 1. The second kappa shape index (κ2) is 9.21. The molecule has 0 bridgehead atoms. The number of rotatable bonds is 8. The van der Waals surface area contributed by atoms with Crippen LogP contribution in [0.3, 0.4) is 0 Å². The summed E-state index contributed by atoms with van der Waals surface area (Å²) < 4.78 is 7.05. The molecule has 4 aromatic rings. The van der Waals surface area contributed by atoms with Gasteiger partial charge in [0, 0.05) is 30.9 Å². The number of para-hydroxylation sites is 1. The van der Waals surface area contributed by atoms with Crippen LogP contribution in [0, 0.1) is 20.2 Å². The summed E-state index contributed by atoms with van der Waals surface area (Å²) >= 11 is 1.49. The third kappa shape index (κ3) is 4.46. The summed E-state index contributed by atoms with van der Waals surface area (Å²) in [4.78, 5) is 28.2. The quantitative estimate of drug-likeness (QED) is 0.218. The van der Waals surface area contributed by atoms with E-state index in [9.17, 15) is 20.2 Å². The van der Waals surface area contributed by atoms with E-state index in [1.807, 2.05) is 56.3 Å². The van der Waals surface area contributed by atoms with Crippen LogP contribution in [0.1, 0.15) is 13.8 Å². The summed E-state index contributed by atoms with van der Waals surface area (Å²) in [5.41, 5.74) is 1.56. The van der Waals surface area contributed by atoms with E-state index in [1.54, 1.807) is 0 Å². The maximum Gasteiger partial charge on any atom is 0.318 e. The van der Waals surface area contributed by atoms with Gasteiger partial charge in [-0.3, -0.25) is 20.2 Å². The van der Waals surface area contributed by atoms with Gasteiger partial charge in [0.1, 0.15) is 10.8 Å². The molecule has 0 aliphatic rings. The fraction of sp³-hybridized carbons (Fsp3) is 0.174. The van der Waals surface area contributed by atoms with Crippen molar-refractivity contribution >= 4 is 38.6 Å². The molecule has 0 aliphatic carbocycles. The minimum atomic E-state index is -0.687. The summed E-state index contributed by atoms with van der Waals surface area (Å²) in [5.74, 6) is 0.306. The van der Waals surface area contributed by atoms with Crippen LogP contribution in [0.25, 0.3) is 20.8 Å². The lowest BCUT2D eigenvalue weighted by molar-refractivity contribution is -0.394. The number of aromatic nitrogens is 1. The monoisotopic (exact) mass is 464 g/mol. The molecule has 168 valence electrons. The van der Waals surface area contributed by atoms with E-state index in [1.165, 1.54) is 23.5 Å². The SMILES string of the molecule is CCN(CC)c1ccc(-c2nc3ccccc3s2)c(Oc2ccc([N+](=O)[O-])cc2[N+](=O)[O-])c1. The molecule has 0 aliphatic heterocycles. The second-order valence-corrected chi connectivity index (χ2v) is 8.14. The first-order chi connectivity index (χ1) is 15.9. The van der Waals surface area contributed by atoms with Crippen molar-refractivity contribution in [3.8, 4) is 22.1 Å². The Balaban J connectivity index is 1.85. The fourth-order valence-electron chi connectivity index (χ4n) is 3.51. The van der Waals surface area contributed by atoms with Crippen molar-refractivity contribution in [2.75, 3.05) is 18.0 Å². The minimum absolute atomic E-state index is 0.0790. The molecular formula is C23H20N4O5S. The highest BCUT2D eigenvalue weighted by Crippen LogP contribution is 2.42. The van der Waals surface area contributed by atoms with Gasteiger partial charge in [-0.2, -0.15) is 0 Å². The molecule has 33 heavy (non-hydrogen) atoms. The highest BCUT2D eigenvalue weighted by atomic mass is 32.1. The Bertz CT molecular complexity index is 1320. The van der Waals surface area contributed by atoms with Crippen LogP contribution in [0.5, 0.6) is 11.5 Å². The van der Waals surface area contributed by atoms with E-state index in [0.29, 0.717) is 16.3 Å². The van der Waals surface area contributed by atoms with Crippen LogP contribution in [0.2, 0.25) is 0 Å². The Morgan fingerprint density at radius 1 is 0.939 bits per heavy atom. The molecule has 0 saturated heterocycles. The molecule has 0 fully saturated rings. The Hall–Kier alpha value is -4.05. The average Bonchev–Trinajstić information content (AvgIpc) is 3.24. The first kappa shape index (κ1) is 22.2. The molecule has 0 spiro atoms. The molecule has 3 aromatic carbocycles. The third-order valence-corrected chi connectivity index (χ3v) is 6.26. The van der Waals surface area contributed by atoms with E-state index < -0.39 is 15.5 Å². The van der Waals surface area contributed by atoms with Crippen LogP contribution >= 0.6 is 11.3 Å². The van der Waals surface area contributed by atoms with Crippen molar-refractivity contribution in [3.05, 3.63) is 80.9 Å². The number of nitrogens with zero attached hydrogens (tertiary/aromatic N) is 4. The van der Waals surface area contributed by atoms with Crippen LogP contribution < -0.4 is 9.64 Å². The van der Waals surface area contributed by atoms with Gasteiger partial charge in [-0.15, -0.1) is 11.3 Å². The molecule has 4 rings (SSSR count). The van der Waals surface area contributed by atoms with E-state index in [4.69, 9.17) is 9.72 Å². The van der Waals surface area contributed by atoms with Crippen molar-refractivity contribution in [3.63, 3.8) is 0 Å². The topological polar surface area (TPSA) is 112 Å². The van der Waals surface area contributed by atoms with E-state index >= 15 is 0 Å². The zero-order valence-electron chi connectivity index (χ0n) is 17.9. The van der Waals surface area contributed by atoms with Gasteiger partial charge >= 0.3 is 5.69 Å². The van der Waals surface area contributed by atoms with Gasteiger partial charge in [0.05, 0.1) is 31.7 Å². The van der Waals surface area contributed by atoms with E-state index in [0.717, 1.165) is 35.1 Å². The van der Waals surface area contributed by atoms with Crippen molar-refractivity contribution in [2.45, 2.75) is 13.8 Å². The van der Waals surface area contributed by atoms with Gasteiger partial charge in [-0.25, -0.2) is 4.98 Å². The van der Waals surface area contributed by atoms with Crippen molar-refractivity contribution in [2.24, 2.45) is 0 Å². The molecule has 0 saturated carbocycles. The maximum atomic E-state index is 11.6. The summed E-state index contributed by atoms with van der Waals surface area (Å²) in [6, 6.07) is 16.8. The normalized spacial score (nSPS) is 10.8. The molecule has 0 N–H and O–H groups in total. The van der Waals surface area contributed by atoms with Crippen molar-refractivity contribution < 1.29 is 14.6 Å². The summed E-state index contributed by atoms with van der Waals surface area (Å²) in [6.45, 7) is 5.61. The zero-order valence-corrected chi connectivity index (χ0v) is 18.7. The highest BCUT2D eigenvalue weighted by Gasteiger charge is 2.23. The number of anilines is 1. The van der Waals surface area contributed by atoms with Crippen LogP contribution in [-0.2, 0) is 0 Å². The maximum absolute atomic E-state index is 11.6. The molecule has 1 heterocycles. The molecule has 0 amide bonds.